The zero-order valence-corrected chi connectivity index (χ0v) is 6.51. The molecule has 1 rings (SSSR count). The van der Waals surface area contributed by atoms with Gasteiger partial charge in [0, 0.05) is 6.04 Å². The van der Waals surface area contributed by atoms with Crippen molar-refractivity contribution in [3.63, 3.8) is 0 Å². The Hall–Kier alpha value is -0.0151. The Kier molecular flexibility index (Phi) is 2.75. The topological polar surface area (TPSA) is 38.0 Å². The molecule has 0 spiro atoms. The van der Waals surface area contributed by atoms with Crippen LogP contribution in [0.2, 0.25) is 0 Å². The number of nitrogens with one attached hydrogen (secondary N) is 1. The van der Waals surface area contributed by atoms with Crippen molar-refractivity contribution >= 4 is 7.85 Å². The highest BCUT2D eigenvalue weighted by molar-refractivity contribution is 6.12. The maximum atomic E-state index is 5.84. The van der Waals surface area contributed by atoms with Gasteiger partial charge in [0.25, 0.3) is 0 Å². The summed E-state index contributed by atoms with van der Waals surface area (Å²) in [6.07, 6.45) is 3.56. The highest BCUT2D eigenvalue weighted by Gasteiger charge is 2.27. The summed E-state index contributed by atoms with van der Waals surface area (Å²) in [5.74, 6) is 0.586. The molecule has 0 aromatic heterocycles. The van der Waals surface area contributed by atoms with E-state index in [9.17, 15) is 0 Å². The Morgan fingerprint density at radius 3 is 2.70 bits per heavy atom. The van der Waals surface area contributed by atoms with E-state index in [-0.39, 0.29) is 5.94 Å². The van der Waals surface area contributed by atoms with Crippen molar-refractivity contribution in [1.29, 1.82) is 0 Å². The Morgan fingerprint density at radius 2 is 2.30 bits per heavy atom. The fraction of sp³-hybridized carbons (Fsp3) is 1.00. The van der Waals surface area contributed by atoms with Gasteiger partial charge in [0.2, 0.25) is 0 Å². The zero-order chi connectivity index (χ0) is 7.56. The van der Waals surface area contributed by atoms with Crippen molar-refractivity contribution in [2.24, 2.45) is 11.7 Å². The fourth-order valence-corrected chi connectivity index (χ4v) is 1.68. The van der Waals surface area contributed by atoms with Crippen LogP contribution in [0.1, 0.15) is 19.3 Å². The lowest BCUT2D eigenvalue weighted by Gasteiger charge is -2.22. The summed E-state index contributed by atoms with van der Waals surface area (Å²) in [7, 11) is 7.66. The van der Waals surface area contributed by atoms with E-state index in [1.807, 2.05) is 7.05 Å². The minimum absolute atomic E-state index is 0.0949. The summed E-state index contributed by atoms with van der Waals surface area (Å²) in [5.41, 5.74) is 5.84. The molecule has 1 aliphatic rings. The molecule has 0 heterocycles. The van der Waals surface area contributed by atoms with Gasteiger partial charge in [-0.2, -0.15) is 0 Å². The van der Waals surface area contributed by atoms with Gasteiger partial charge in [-0.05, 0) is 31.7 Å². The van der Waals surface area contributed by atoms with Crippen LogP contribution in [0.4, 0.5) is 0 Å². The lowest BCUT2D eigenvalue weighted by atomic mass is 9.81. The second-order valence-electron chi connectivity index (χ2n) is 3.07. The SMILES string of the molecule is [B]C(NC)C1CCCC1N. The van der Waals surface area contributed by atoms with Crippen LogP contribution in [0, 0.1) is 5.92 Å². The van der Waals surface area contributed by atoms with Gasteiger partial charge in [0.1, 0.15) is 0 Å². The van der Waals surface area contributed by atoms with Crippen molar-refractivity contribution < 1.29 is 0 Å². The normalized spacial score (nSPS) is 36.2. The largest absolute Gasteiger partial charge is 0.327 e. The quantitative estimate of drug-likeness (QED) is 0.520. The summed E-state index contributed by atoms with van der Waals surface area (Å²) >= 11 is 0. The molecule has 3 N–H and O–H groups in total. The second-order valence-corrected chi connectivity index (χ2v) is 3.07. The van der Waals surface area contributed by atoms with Gasteiger partial charge >= 0.3 is 0 Å². The number of rotatable bonds is 2. The molecule has 2 radical (unpaired) electrons. The van der Waals surface area contributed by atoms with E-state index >= 15 is 0 Å². The van der Waals surface area contributed by atoms with E-state index < -0.39 is 0 Å². The van der Waals surface area contributed by atoms with Gasteiger partial charge < -0.3 is 11.1 Å². The number of hydrogen-bond donors (Lipinski definition) is 2. The van der Waals surface area contributed by atoms with Crippen LogP contribution in [0.3, 0.4) is 0 Å². The lowest BCUT2D eigenvalue weighted by Crippen LogP contribution is -2.41. The predicted octanol–water partition coefficient (Wildman–Crippen LogP) is -0.172. The molecule has 1 fully saturated rings. The van der Waals surface area contributed by atoms with Crippen LogP contribution in [-0.2, 0) is 0 Å². The van der Waals surface area contributed by atoms with E-state index in [0.717, 1.165) is 6.42 Å². The Morgan fingerprint density at radius 1 is 1.60 bits per heavy atom. The zero-order valence-electron chi connectivity index (χ0n) is 6.51. The van der Waals surface area contributed by atoms with Crippen LogP contribution >= 0.6 is 0 Å². The maximum Gasteiger partial charge on any atom is 0.0911 e. The Labute approximate surface area is 64.0 Å². The smallest absolute Gasteiger partial charge is 0.0911 e. The third-order valence-corrected chi connectivity index (χ3v) is 2.42. The van der Waals surface area contributed by atoms with Gasteiger partial charge in [0.15, 0.2) is 0 Å². The standard InChI is InChI=1S/C7H15BN2/c1-10-7(8)5-3-2-4-6(5)9/h5-7,10H,2-4,9H2,1H3. The molecule has 0 bridgehead atoms. The van der Waals surface area contributed by atoms with E-state index in [1.54, 1.807) is 0 Å². The van der Waals surface area contributed by atoms with E-state index in [0.29, 0.717) is 12.0 Å². The minimum atomic E-state index is 0.0949. The minimum Gasteiger partial charge on any atom is -0.327 e. The first-order valence-corrected chi connectivity index (χ1v) is 3.94. The molecule has 2 nitrogen and oxygen atoms in total. The van der Waals surface area contributed by atoms with Gasteiger partial charge in [-0.1, -0.05) is 6.42 Å². The van der Waals surface area contributed by atoms with E-state index in [2.05, 4.69) is 5.32 Å². The van der Waals surface area contributed by atoms with Crippen molar-refractivity contribution in [3.8, 4) is 0 Å². The number of nitrogens with two attached hydrogens (primary N) is 1. The van der Waals surface area contributed by atoms with Gasteiger partial charge in [-0.25, -0.2) is 0 Å². The molecular weight excluding hydrogens is 123 g/mol. The van der Waals surface area contributed by atoms with Crippen molar-refractivity contribution in [1.82, 2.24) is 5.32 Å². The molecule has 1 aliphatic carbocycles. The number of hydrogen-bond acceptors (Lipinski definition) is 2. The van der Waals surface area contributed by atoms with Crippen molar-refractivity contribution in [2.75, 3.05) is 7.05 Å². The average molecular weight is 138 g/mol. The van der Waals surface area contributed by atoms with Crippen LogP contribution in [-0.4, -0.2) is 26.9 Å². The van der Waals surface area contributed by atoms with Crippen LogP contribution < -0.4 is 11.1 Å². The molecule has 10 heavy (non-hydrogen) atoms. The highest BCUT2D eigenvalue weighted by atomic mass is 14.9. The summed E-state index contributed by atoms with van der Waals surface area (Å²) in [6.45, 7) is 0. The van der Waals surface area contributed by atoms with Gasteiger partial charge in [0.05, 0.1) is 7.85 Å². The fourth-order valence-electron chi connectivity index (χ4n) is 1.68. The predicted molar refractivity (Wildman–Crippen MR) is 43.9 cm³/mol. The third kappa shape index (κ3) is 1.52. The lowest BCUT2D eigenvalue weighted by molar-refractivity contribution is 0.426. The summed E-state index contributed by atoms with van der Waals surface area (Å²) in [4.78, 5) is 0. The van der Waals surface area contributed by atoms with Gasteiger partial charge in [-0.15, -0.1) is 0 Å². The maximum absolute atomic E-state index is 5.84. The third-order valence-electron chi connectivity index (χ3n) is 2.42. The summed E-state index contributed by atoms with van der Waals surface area (Å²) in [5, 5.41) is 3.04. The summed E-state index contributed by atoms with van der Waals surface area (Å²) < 4.78 is 0. The van der Waals surface area contributed by atoms with E-state index in [4.69, 9.17) is 13.6 Å². The van der Waals surface area contributed by atoms with E-state index in [1.165, 1.54) is 12.8 Å². The first-order chi connectivity index (χ1) is 4.75. The Bertz CT molecular complexity index is 108. The van der Waals surface area contributed by atoms with Crippen molar-refractivity contribution in [2.45, 2.75) is 31.2 Å². The van der Waals surface area contributed by atoms with Crippen LogP contribution in [0.5, 0.6) is 0 Å². The highest BCUT2D eigenvalue weighted by Crippen LogP contribution is 2.25. The molecule has 56 valence electrons. The molecule has 0 aliphatic heterocycles. The molecule has 0 amide bonds. The molecular formula is C7H15BN2. The molecule has 3 atom stereocenters. The van der Waals surface area contributed by atoms with Crippen molar-refractivity contribution in [3.05, 3.63) is 0 Å². The first-order valence-electron chi connectivity index (χ1n) is 3.94. The summed E-state index contributed by atoms with van der Waals surface area (Å²) in [6, 6.07) is 0.322. The molecule has 0 saturated heterocycles. The monoisotopic (exact) mass is 138 g/mol. The molecule has 3 unspecified atom stereocenters. The van der Waals surface area contributed by atoms with Crippen LogP contribution in [0.15, 0.2) is 0 Å². The average Bonchev–Trinajstić information content (AvgIpc) is 2.34. The van der Waals surface area contributed by atoms with Crippen LogP contribution in [0.25, 0.3) is 0 Å². The first kappa shape index (κ1) is 8.09. The van der Waals surface area contributed by atoms with Gasteiger partial charge in [-0.3, -0.25) is 0 Å². The Balaban J connectivity index is 2.38. The molecule has 3 heteroatoms. The second kappa shape index (κ2) is 3.40. The molecule has 0 aromatic rings. The molecule has 1 saturated carbocycles. The molecule has 0 aromatic carbocycles.